The highest BCUT2D eigenvalue weighted by molar-refractivity contribution is 7.19. The second-order valence-corrected chi connectivity index (χ2v) is 6.41. The summed E-state index contributed by atoms with van der Waals surface area (Å²) in [4.78, 5) is 27.9. The van der Waals surface area contributed by atoms with Gasteiger partial charge in [0.15, 0.2) is 10.9 Å². The summed E-state index contributed by atoms with van der Waals surface area (Å²) in [6.45, 7) is 0. The van der Waals surface area contributed by atoms with Crippen molar-refractivity contribution in [2.24, 2.45) is 0 Å². The lowest BCUT2D eigenvalue weighted by molar-refractivity contribution is -0.384. The molecule has 4 rings (SSSR count). The molecule has 9 heteroatoms. The van der Waals surface area contributed by atoms with E-state index in [9.17, 15) is 14.9 Å². The van der Waals surface area contributed by atoms with Crippen molar-refractivity contribution in [3.05, 3.63) is 76.7 Å². The van der Waals surface area contributed by atoms with Crippen molar-refractivity contribution < 1.29 is 18.6 Å². The van der Waals surface area contributed by atoms with E-state index in [1.807, 2.05) is 0 Å². The standard InChI is InChI=1S/C18H11N3O5S/c22-17(11-4-1-5-12(10-11)21(23)24)20-18-19-15(13-6-2-8-25-13)16(27-18)14-7-3-9-26-14/h1-10H,(H,19,20,22). The van der Waals surface area contributed by atoms with Crippen LogP contribution in [0.3, 0.4) is 0 Å². The van der Waals surface area contributed by atoms with E-state index in [1.54, 1.807) is 30.5 Å². The van der Waals surface area contributed by atoms with Crippen molar-refractivity contribution >= 4 is 28.1 Å². The largest absolute Gasteiger partial charge is 0.463 e. The summed E-state index contributed by atoms with van der Waals surface area (Å²) in [5.41, 5.74) is 0.544. The van der Waals surface area contributed by atoms with Gasteiger partial charge in [-0.2, -0.15) is 0 Å². The van der Waals surface area contributed by atoms with Gasteiger partial charge < -0.3 is 8.83 Å². The summed E-state index contributed by atoms with van der Waals surface area (Å²) in [5, 5.41) is 13.9. The number of carbonyl (C=O) groups excluding carboxylic acids is 1. The third kappa shape index (κ3) is 3.35. The molecule has 0 fully saturated rings. The number of furan rings is 2. The van der Waals surface area contributed by atoms with Gasteiger partial charge in [-0.1, -0.05) is 17.4 Å². The van der Waals surface area contributed by atoms with Crippen LogP contribution in [-0.4, -0.2) is 15.8 Å². The number of hydrogen-bond donors (Lipinski definition) is 1. The fourth-order valence-corrected chi connectivity index (χ4v) is 3.39. The van der Waals surface area contributed by atoms with Gasteiger partial charge in [0.2, 0.25) is 0 Å². The number of nitro benzene ring substituents is 1. The molecule has 1 N–H and O–H groups in total. The van der Waals surface area contributed by atoms with E-state index in [0.29, 0.717) is 27.2 Å². The summed E-state index contributed by atoms with van der Waals surface area (Å²) < 4.78 is 10.9. The van der Waals surface area contributed by atoms with Gasteiger partial charge in [-0.25, -0.2) is 4.98 Å². The Hall–Kier alpha value is -3.72. The average Bonchev–Trinajstić information content (AvgIpc) is 3.42. The summed E-state index contributed by atoms with van der Waals surface area (Å²) in [6.07, 6.45) is 3.07. The lowest BCUT2D eigenvalue weighted by Gasteiger charge is -2.01. The Morgan fingerprint density at radius 3 is 2.48 bits per heavy atom. The molecule has 3 heterocycles. The number of nitro groups is 1. The van der Waals surface area contributed by atoms with Crippen molar-refractivity contribution in [3.8, 4) is 22.1 Å². The minimum absolute atomic E-state index is 0.158. The molecule has 1 amide bonds. The second-order valence-electron chi connectivity index (χ2n) is 5.41. The van der Waals surface area contributed by atoms with Gasteiger partial charge in [-0.05, 0) is 30.3 Å². The zero-order chi connectivity index (χ0) is 18.8. The number of aromatic nitrogens is 1. The molecule has 0 atom stereocenters. The third-order valence-corrected chi connectivity index (χ3v) is 4.65. The predicted octanol–water partition coefficient (Wildman–Crippen LogP) is 4.82. The lowest BCUT2D eigenvalue weighted by atomic mass is 10.2. The third-order valence-electron chi connectivity index (χ3n) is 3.67. The Labute approximate surface area is 156 Å². The highest BCUT2D eigenvalue weighted by atomic mass is 32.1. The van der Waals surface area contributed by atoms with E-state index in [0.717, 1.165) is 0 Å². The SMILES string of the molecule is O=C(Nc1nc(-c2ccco2)c(-c2ccco2)s1)c1cccc([N+](=O)[O-])c1. The first-order chi connectivity index (χ1) is 13.1. The first kappa shape index (κ1) is 16.7. The normalized spacial score (nSPS) is 10.7. The molecular weight excluding hydrogens is 370 g/mol. The maximum absolute atomic E-state index is 12.5. The van der Waals surface area contributed by atoms with Gasteiger partial charge in [0.1, 0.15) is 16.3 Å². The molecule has 0 radical (unpaired) electrons. The van der Waals surface area contributed by atoms with Crippen LogP contribution in [0.1, 0.15) is 10.4 Å². The van der Waals surface area contributed by atoms with Crippen molar-refractivity contribution in [2.45, 2.75) is 0 Å². The average molecular weight is 381 g/mol. The van der Waals surface area contributed by atoms with Crippen LogP contribution in [0.15, 0.2) is 69.9 Å². The molecule has 0 saturated carbocycles. The number of anilines is 1. The van der Waals surface area contributed by atoms with Crippen LogP contribution in [0.25, 0.3) is 22.1 Å². The number of rotatable bonds is 5. The van der Waals surface area contributed by atoms with E-state index < -0.39 is 10.8 Å². The summed E-state index contributed by atoms with van der Waals surface area (Å²) >= 11 is 1.22. The molecule has 1 aromatic carbocycles. The second kappa shape index (κ2) is 6.89. The summed E-state index contributed by atoms with van der Waals surface area (Å²) in [5.74, 6) is 0.632. The highest BCUT2D eigenvalue weighted by Gasteiger charge is 2.20. The molecule has 3 aromatic heterocycles. The molecule has 8 nitrogen and oxygen atoms in total. The van der Waals surface area contributed by atoms with Gasteiger partial charge in [-0.15, -0.1) is 0 Å². The number of nitrogens with zero attached hydrogens (tertiary/aromatic N) is 2. The number of nitrogens with one attached hydrogen (secondary N) is 1. The zero-order valence-electron chi connectivity index (χ0n) is 13.6. The van der Waals surface area contributed by atoms with E-state index in [1.165, 1.54) is 41.9 Å². The predicted molar refractivity (Wildman–Crippen MR) is 98.6 cm³/mol. The van der Waals surface area contributed by atoms with Crippen LogP contribution in [0, 0.1) is 10.1 Å². The van der Waals surface area contributed by atoms with Crippen molar-refractivity contribution in [3.63, 3.8) is 0 Å². The molecule has 27 heavy (non-hydrogen) atoms. The Morgan fingerprint density at radius 2 is 1.81 bits per heavy atom. The first-order valence-electron chi connectivity index (χ1n) is 7.76. The Balaban J connectivity index is 1.67. The number of amides is 1. The molecule has 0 aliphatic rings. The minimum Gasteiger partial charge on any atom is -0.463 e. The Morgan fingerprint density at radius 1 is 1.07 bits per heavy atom. The molecule has 4 aromatic rings. The van der Waals surface area contributed by atoms with Gasteiger partial charge in [-0.3, -0.25) is 20.2 Å². The van der Waals surface area contributed by atoms with E-state index in [4.69, 9.17) is 8.83 Å². The fourth-order valence-electron chi connectivity index (χ4n) is 2.46. The number of non-ortho nitro benzene ring substituents is 1. The summed E-state index contributed by atoms with van der Waals surface area (Å²) in [6, 6.07) is 12.5. The molecular formula is C18H11N3O5S. The van der Waals surface area contributed by atoms with Gasteiger partial charge >= 0.3 is 0 Å². The molecule has 0 bridgehead atoms. The monoisotopic (exact) mass is 381 g/mol. The Bertz CT molecular complexity index is 1050. The first-order valence-corrected chi connectivity index (χ1v) is 8.58. The quantitative estimate of drug-likeness (QED) is 0.392. The Kier molecular flexibility index (Phi) is 4.27. The molecule has 0 saturated heterocycles. The molecule has 0 aliphatic heterocycles. The number of hydrogen-bond acceptors (Lipinski definition) is 7. The van der Waals surface area contributed by atoms with Gasteiger partial charge in [0.25, 0.3) is 11.6 Å². The number of thiazole rings is 1. The van der Waals surface area contributed by atoms with Crippen molar-refractivity contribution in [1.29, 1.82) is 0 Å². The van der Waals surface area contributed by atoms with Crippen molar-refractivity contribution in [1.82, 2.24) is 4.98 Å². The van der Waals surface area contributed by atoms with Crippen LogP contribution >= 0.6 is 11.3 Å². The number of carbonyl (C=O) groups is 1. The van der Waals surface area contributed by atoms with Crippen LogP contribution in [-0.2, 0) is 0 Å². The highest BCUT2D eigenvalue weighted by Crippen LogP contribution is 2.39. The lowest BCUT2D eigenvalue weighted by Crippen LogP contribution is -2.11. The van der Waals surface area contributed by atoms with Gasteiger partial charge in [0, 0.05) is 17.7 Å². The molecule has 134 valence electrons. The van der Waals surface area contributed by atoms with E-state index in [2.05, 4.69) is 10.3 Å². The number of benzene rings is 1. The van der Waals surface area contributed by atoms with Crippen LogP contribution in [0.5, 0.6) is 0 Å². The van der Waals surface area contributed by atoms with Crippen LogP contribution in [0.2, 0.25) is 0 Å². The topological polar surface area (TPSA) is 111 Å². The van der Waals surface area contributed by atoms with Crippen LogP contribution in [0.4, 0.5) is 10.8 Å². The maximum atomic E-state index is 12.5. The van der Waals surface area contributed by atoms with Crippen LogP contribution < -0.4 is 5.32 Å². The molecule has 0 spiro atoms. The summed E-state index contributed by atoms with van der Waals surface area (Å²) in [7, 11) is 0. The smallest absolute Gasteiger partial charge is 0.270 e. The van der Waals surface area contributed by atoms with Crippen molar-refractivity contribution in [2.75, 3.05) is 5.32 Å². The minimum atomic E-state index is -0.551. The van der Waals surface area contributed by atoms with E-state index >= 15 is 0 Å². The molecule has 0 aliphatic carbocycles. The van der Waals surface area contributed by atoms with Gasteiger partial charge in [0.05, 0.1) is 17.4 Å². The fraction of sp³-hybridized carbons (Fsp3) is 0. The zero-order valence-corrected chi connectivity index (χ0v) is 14.4. The maximum Gasteiger partial charge on any atom is 0.270 e. The molecule has 0 unspecified atom stereocenters. The van der Waals surface area contributed by atoms with E-state index in [-0.39, 0.29) is 11.3 Å².